The van der Waals surface area contributed by atoms with Gasteiger partial charge >= 0.3 is 0 Å². The molecule has 4 heteroatoms. The first-order valence-electron chi connectivity index (χ1n) is 5.86. The predicted molar refractivity (Wildman–Crippen MR) is 63.6 cm³/mol. The van der Waals surface area contributed by atoms with Gasteiger partial charge in [-0.25, -0.2) is 8.78 Å². The highest BCUT2D eigenvalue weighted by molar-refractivity contribution is 5.17. The Kier molecular flexibility index (Phi) is 5.02. The van der Waals surface area contributed by atoms with Crippen LogP contribution in [0.2, 0.25) is 0 Å². The van der Waals surface area contributed by atoms with E-state index in [4.69, 9.17) is 0 Å². The molecule has 0 saturated carbocycles. The Labute approximate surface area is 101 Å². The van der Waals surface area contributed by atoms with E-state index < -0.39 is 11.6 Å². The van der Waals surface area contributed by atoms with E-state index in [0.29, 0.717) is 12.1 Å². The molecule has 0 unspecified atom stereocenters. The summed E-state index contributed by atoms with van der Waals surface area (Å²) in [4.78, 5) is 0. The van der Waals surface area contributed by atoms with E-state index in [-0.39, 0.29) is 12.1 Å². The largest absolute Gasteiger partial charge is 0.394 e. The number of halogens is 2. The fourth-order valence-electron chi connectivity index (χ4n) is 1.72. The minimum atomic E-state index is -0.841. The lowest BCUT2D eigenvalue weighted by Gasteiger charge is -2.31. The summed E-state index contributed by atoms with van der Waals surface area (Å²) in [5, 5.41) is 12.6. The molecule has 0 heterocycles. The first-order chi connectivity index (χ1) is 8.06. The van der Waals surface area contributed by atoms with Gasteiger partial charge in [0.25, 0.3) is 0 Å². The lowest BCUT2D eigenvalue weighted by molar-refractivity contribution is 0.149. The maximum absolute atomic E-state index is 13.0. The molecule has 17 heavy (non-hydrogen) atoms. The second-order valence-electron chi connectivity index (χ2n) is 4.25. The molecule has 0 atom stereocenters. The molecule has 0 saturated heterocycles. The molecule has 0 amide bonds. The fourth-order valence-corrected chi connectivity index (χ4v) is 1.72. The summed E-state index contributed by atoms with van der Waals surface area (Å²) in [5.74, 6) is -1.68. The molecule has 0 fully saturated rings. The summed E-state index contributed by atoms with van der Waals surface area (Å²) in [6.07, 6.45) is 1.56. The number of hydrogen-bond acceptors (Lipinski definition) is 2. The lowest BCUT2D eigenvalue weighted by atomic mass is 9.93. The van der Waals surface area contributed by atoms with Crippen molar-refractivity contribution in [2.24, 2.45) is 0 Å². The molecule has 0 aliphatic carbocycles. The van der Waals surface area contributed by atoms with Crippen LogP contribution in [-0.2, 0) is 6.54 Å². The average Bonchev–Trinajstić information content (AvgIpc) is 2.36. The third kappa shape index (κ3) is 3.48. The Bertz CT molecular complexity index is 356. The van der Waals surface area contributed by atoms with E-state index in [2.05, 4.69) is 5.32 Å². The van der Waals surface area contributed by atoms with Gasteiger partial charge in [-0.3, -0.25) is 0 Å². The van der Waals surface area contributed by atoms with Crippen molar-refractivity contribution in [3.05, 3.63) is 35.4 Å². The van der Waals surface area contributed by atoms with Crippen LogP contribution in [-0.4, -0.2) is 17.3 Å². The maximum atomic E-state index is 13.0. The molecule has 0 aromatic heterocycles. The molecule has 0 spiro atoms. The van der Waals surface area contributed by atoms with Crippen LogP contribution < -0.4 is 5.32 Å². The van der Waals surface area contributed by atoms with E-state index in [1.807, 2.05) is 13.8 Å². The highest BCUT2D eigenvalue weighted by Crippen LogP contribution is 2.16. The second kappa shape index (κ2) is 6.07. The highest BCUT2D eigenvalue weighted by Gasteiger charge is 2.24. The van der Waals surface area contributed by atoms with Gasteiger partial charge in [0.2, 0.25) is 0 Å². The van der Waals surface area contributed by atoms with Crippen LogP contribution >= 0.6 is 0 Å². The third-order valence-electron chi connectivity index (χ3n) is 3.31. The molecular formula is C13H19F2NO. The zero-order chi connectivity index (χ0) is 12.9. The van der Waals surface area contributed by atoms with Gasteiger partial charge in [0.1, 0.15) is 0 Å². The molecule has 0 aliphatic rings. The smallest absolute Gasteiger partial charge is 0.159 e. The number of hydrogen-bond donors (Lipinski definition) is 2. The number of rotatable bonds is 6. The van der Waals surface area contributed by atoms with Gasteiger partial charge in [-0.1, -0.05) is 19.9 Å². The number of aliphatic hydroxyl groups is 1. The number of benzene rings is 1. The van der Waals surface area contributed by atoms with Gasteiger partial charge in [-0.2, -0.15) is 0 Å². The molecular weight excluding hydrogens is 224 g/mol. The Morgan fingerprint density at radius 1 is 1.18 bits per heavy atom. The minimum absolute atomic E-state index is 0.0314. The molecule has 2 N–H and O–H groups in total. The van der Waals surface area contributed by atoms with E-state index in [0.717, 1.165) is 18.9 Å². The monoisotopic (exact) mass is 243 g/mol. The van der Waals surface area contributed by atoms with Gasteiger partial charge in [0.05, 0.1) is 6.61 Å². The van der Waals surface area contributed by atoms with Crippen molar-refractivity contribution in [2.45, 2.75) is 38.8 Å². The van der Waals surface area contributed by atoms with Crippen LogP contribution in [0.25, 0.3) is 0 Å². The summed E-state index contributed by atoms with van der Waals surface area (Å²) >= 11 is 0. The number of aliphatic hydroxyl groups excluding tert-OH is 1. The van der Waals surface area contributed by atoms with E-state index in [1.54, 1.807) is 6.07 Å². The fraction of sp³-hybridized carbons (Fsp3) is 0.538. The van der Waals surface area contributed by atoms with Crippen LogP contribution in [0, 0.1) is 11.6 Å². The molecule has 96 valence electrons. The van der Waals surface area contributed by atoms with Crippen molar-refractivity contribution < 1.29 is 13.9 Å². The minimum Gasteiger partial charge on any atom is -0.394 e. The zero-order valence-electron chi connectivity index (χ0n) is 10.3. The highest BCUT2D eigenvalue weighted by atomic mass is 19.2. The van der Waals surface area contributed by atoms with Crippen molar-refractivity contribution in [2.75, 3.05) is 6.61 Å². The molecule has 2 nitrogen and oxygen atoms in total. The van der Waals surface area contributed by atoms with Gasteiger partial charge in [-0.15, -0.1) is 0 Å². The SMILES string of the molecule is CCC(CC)(CO)NCc1ccc(F)c(F)c1. The summed E-state index contributed by atoms with van der Waals surface area (Å²) in [6, 6.07) is 3.83. The summed E-state index contributed by atoms with van der Waals surface area (Å²) in [5.41, 5.74) is 0.328. The third-order valence-corrected chi connectivity index (χ3v) is 3.31. The van der Waals surface area contributed by atoms with Gasteiger partial charge in [-0.05, 0) is 30.5 Å². The Morgan fingerprint density at radius 3 is 2.29 bits per heavy atom. The van der Waals surface area contributed by atoms with Crippen molar-refractivity contribution in [1.29, 1.82) is 0 Å². The van der Waals surface area contributed by atoms with Crippen molar-refractivity contribution >= 4 is 0 Å². The Balaban J connectivity index is 2.68. The quantitative estimate of drug-likeness (QED) is 0.805. The summed E-state index contributed by atoms with van der Waals surface area (Å²) in [7, 11) is 0. The molecule has 0 aliphatic heterocycles. The maximum Gasteiger partial charge on any atom is 0.159 e. The van der Waals surface area contributed by atoms with Crippen LogP contribution in [0.15, 0.2) is 18.2 Å². The molecule has 0 radical (unpaired) electrons. The van der Waals surface area contributed by atoms with Crippen molar-refractivity contribution in [1.82, 2.24) is 5.32 Å². The lowest BCUT2D eigenvalue weighted by Crippen LogP contribution is -2.47. The van der Waals surface area contributed by atoms with Gasteiger partial charge in [0, 0.05) is 12.1 Å². The predicted octanol–water partition coefficient (Wildman–Crippen LogP) is 2.61. The van der Waals surface area contributed by atoms with Crippen LogP contribution in [0.5, 0.6) is 0 Å². The van der Waals surface area contributed by atoms with Gasteiger partial charge < -0.3 is 10.4 Å². The van der Waals surface area contributed by atoms with Crippen LogP contribution in [0.3, 0.4) is 0 Å². The normalized spacial score (nSPS) is 11.8. The van der Waals surface area contributed by atoms with E-state index in [9.17, 15) is 13.9 Å². The Hall–Kier alpha value is -1.00. The topological polar surface area (TPSA) is 32.3 Å². The zero-order valence-corrected chi connectivity index (χ0v) is 10.3. The van der Waals surface area contributed by atoms with E-state index in [1.165, 1.54) is 6.07 Å². The first-order valence-corrected chi connectivity index (χ1v) is 5.86. The average molecular weight is 243 g/mol. The summed E-state index contributed by atoms with van der Waals surface area (Å²) in [6.45, 7) is 4.42. The molecule has 1 aromatic rings. The second-order valence-corrected chi connectivity index (χ2v) is 4.25. The Morgan fingerprint density at radius 2 is 1.82 bits per heavy atom. The molecule has 1 rings (SSSR count). The van der Waals surface area contributed by atoms with Gasteiger partial charge in [0.15, 0.2) is 11.6 Å². The van der Waals surface area contributed by atoms with Crippen molar-refractivity contribution in [3.63, 3.8) is 0 Å². The summed E-state index contributed by atoms with van der Waals surface area (Å²) < 4.78 is 25.7. The van der Waals surface area contributed by atoms with Crippen molar-refractivity contribution in [3.8, 4) is 0 Å². The number of nitrogens with one attached hydrogen (secondary N) is 1. The van der Waals surface area contributed by atoms with Crippen LogP contribution in [0.4, 0.5) is 8.78 Å². The molecule has 1 aromatic carbocycles. The molecule has 0 bridgehead atoms. The first kappa shape index (κ1) is 14.1. The standard InChI is InChI=1S/C13H19F2NO/c1-3-13(4-2,9-17)16-8-10-5-6-11(14)12(15)7-10/h5-7,16-17H,3-4,8-9H2,1-2H3. The van der Waals surface area contributed by atoms with Crippen LogP contribution in [0.1, 0.15) is 32.3 Å². The van der Waals surface area contributed by atoms with E-state index >= 15 is 0 Å².